The van der Waals surface area contributed by atoms with Gasteiger partial charge in [-0.15, -0.1) is 0 Å². The van der Waals surface area contributed by atoms with Crippen LogP contribution in [-0.2, 0) is 0 Å². The summed E-state index contributed by atoms with van der Waals surface area (Å²) in [6.07, 6.45) is 8.80. The lowest BCUT2D eigenvalue weighted by Crippen LogP contribution is -2.06. The summed E-state index contributed by atoms with van der Waals surface area (Å²) in [5.74, 6) is 1.18. The molecule has 0 unspecified atom stereocenters. The van der Waals surface area contributed by atoms with Crippen molar-refractivity contribution >= 4 is 0 Å². The van der Waals surface area contributed by atoms with Crippen LogP contribution in [0.1, 0.15) is 18.4 Å². The van der Waals surface area contributed by atoms with Crippen molar-refractivity contribution in [3.05, 3.63) is 60.2 Å². The van der Waals surface area contributed by atoms with Gasteiger partial charge in [-0.2, -0.15) is 0 Å². The molecule has 66 valence electrons. The van der Waals surface area contributed by atoms with Crippen molar-refractivity contribution < 1.29 is 0 Å². The van der Waals surface area contributed by atoms with E-state index in [1.54, 1.807) is 0 Å². The number of rotatable bonds is 1. The van der Waals surface area contributed by atoms with E-state index >= 15 is 0 Å². The fourth-order valence-electron chi connectivity index (χ4n) is 1.81. The molecule has 0 radical (unpaired) electrons. The first-order chi connectivity index (χ1) is 6.38. The maximum Gasteiger partial charge on any atom is 0.00813 e. The van der Waals surface area contributed by atoms with Crippen LogP contribution in [0.15, 0.2) is 54.6 Å². The van der Waals surface area contributed by atoms with Gasteiger partial charge in [-0.25, -0.2) is 0 Å². The number of hydrogen-bond acceptors (Lipinski definition) is 0. The van der Waals surface area contributed by atoms with Crippen LogP contribution in [-0.4, -0.2) is 0 Å². The zero-order valence-electron chi connectivity index (χ0n) is 7.85. The van der Waals surface area contributed by atoms with Crippen molar-refractivity contribution in [2.75, 3.05) is 0 Å². The number of hydrogen-bond donors (Lipinski definition) is 0. The summed E-state index contributed by atoms with van der Waals surface area (Å²) < 4.78 is 0. The minimum absolute atomic E-state index is 0.561. The Bertz CT molecular complexity index is 319. The van der Waals surface area contributed by atoms with Crippen LogP contribution in [0.25, 0.3) is 0 Å². The third-order valence-electron chi connectivity index (χ3n) is 2.60. The molecule has 0 fully saturated rings. The maximum absolute atomic E-state index is 2.28. The molecule has 0 heterocycles. The van der Waals surface area contributed by atoms with Gasteiger partial charge >= 0.3 is 0 Å². The van der Waals surface area contributed by atoms with Crippen molar-refractivity contribution in [1.82, 2.24) is 0 Å². The summed E-state index contributed by atoms with van der Waals surface area (Å²) in [6, 6.07) is 10.7. The molecule has 1 aromatic rings. The maximum atomic E-state index is 2.28. The molecule has 2 atom stereocenters. The molecule has 1 aromatic carbocycles. The molecule has 0 nitrogen and oxygen atoms in total. The summed E-state index contributed by atoms with van der Waals surface area (Å²) >= 11 is 0. The molecular formula is C13H14. The fraction of sp³-hybridized carbons (Fsp3) is 0.231. The van der Waals surface area contributed by atoms with Crippen molar-refractivity contribution in [2.45, 2.75) is 12.8 Å². The highest BCUT2D eigenvalue weighted by molar-refractivity contribution is 5.29. The van der Waals surface area contributed by atoms with Gasteiger partial charge in [0.1, 0.15) is 0 Å². The average molecular weight is 170 g/mol. The first-order valence-electron chi connectivity index (χ1n) is 4.78. The topological polar surface area (TPSA) is 0 Å². The average Bonchev–Trinajstić information content (AvgIpc) is 2.20. The highest BCUT2D eigenvalue weighted by Gasteiger charge is 2.14. The summed E-state index contributed by atoms with van der Waals surface area (Å²) in [6.45, 7) is 2.26. The summed E-state index contributed by atoms with van der Waals surface area (Å²) in [4.78, 5) is 0. The molecule has 0 saturated carbocycles. The quantitative estimate of drug-likeness (QED) is 0.604. The zero-order chi connectivity index (χ0) is 9.10. The van der Waals surface area contributed by atoms with Gasteiger partial charge < -0.3 is 0 Å². The Morgan fingerprint density at radius 3 is 2.31 bits per heavy atom. The predicted octanol–water partition coefficient (Wildman–Crippen LogP) is 3.53. The Kier molecular flexibility index (Phi) is 2.31. The first kappa shape index (κ1) is 8.31. The third-order valence-corrected chi connectivity index (χ3v) is 2.60. The van der Waals surface area contributed by atoms with E-state index in [2.05, 4.69) is 61.6 Å². The molecule has 0 aromatic heterocycles. The van der Waals surface area contributed by atoms with Crippen LogP contribution < -0.4 is 0 Å². The Labute approximate surface area is 79.6 Å². The predicted molar refractivity (Wildman–Crippen MR) is 56.6 cm³/mol. The van der Waals surface area contributed by atoms with Crippen molar-refractivity contribution in [3.63, 3.8) is 0 Å². The van der Waals surface area contributed by atoms with Gasteiger partial charge in [-0.1, -0.05) is 61.6 Å². The first-order valence-corrected chi connectivity index (χ1v) is 4.78. The van der Waals surface area contributed by atoms with E-state index in [1.807, 2.05) is 0 Å². The van der Waals surface area contributed by atoms with E-state index in [1.165, 1.54) is 5.56 Å². The van der Waals surface area contributed by atoms with Gasteiger partial charge in [0, 0.05) is 5.92 Å². The normalized spacial score (nSPS) is 26.2. The van der Waals surface area contributed by atoms with Gasteiger partial charge in [-0.05, 0) is 11.5 Å². The Balaban J connectivity index is 2.27. The van der Waals surface area contributed by atoms with Crippen LogP contribution in [0, 0.1) is 5.92 Å². The lowest BCUT2D eigenvalue weighted by molar-refractivity contribution is 0.635. The van der Waals surface area contributed by atoms with E-state index in [0.717, 1.165) is 0 Å². The van der Waals surface area contributed by atoms with E-state index in [-0.39, 0.29) is 0 Å². The molecule has 0 heteroatoms. The Morgan fingerprint density at radius 2 is 1.62 bits per heavy atom. The summed E-state index contributed by atoms with van der Waals surface area (Å²) in [7, 11) is 0. The molecule has 0 amide bonds. The molecular weight excluding hydrogens is 156 g/mol. The summed E-state index contributed by atoms with van der Waals surface area (Å²) in [5, 5.41) is 0. The summed E-state index contributed by atoms with van der Waals surface area (Å²) in [5.41, 5.74) is 1.41. The van der Waals surface area contributed by atoms with E-state index in [4.69, 9.17) is 0 Å². The molecule has 0 aliphatic heterocycles. The molecule has 0 bridgehead atoms. The Morgan fingerprint density at radius 1 is 0.923 bits per heavy atom. The fourth-order valence-corrected chi connectivity index (χ4v) is 1.81. The van der Waals surface area contributed by atoms with Gasteiger partial charge in [0.25, 0.3) is 0 Å². The standard InChI is InChI=1S/C13H14/c1-11-7-5-6-10-13(11)12-8-3-2-4-9-12/h2-11,13H,1H3/t11-,13-/m1/s1. The van der Waals surface area contributed by atoms with Crippen LogP contribution in [0.3, 0.4) is 0 Å². The Hall–Kier alpha value is -1.30. The zero-order valence-corrected chi connectivity index (χ0v) is 7.85. The van der Waals surface area contributed by atoms with Gasteiger partial charge in [0.2, 0.25) is 0 Å². The number of benzene rings is 1. The van der Waals surface area contributed by atoms with Gasteiger partial charge in [0.05, 0.1) is 0 Å². The molecule has 1 aliphatic carbocycles. The molecule has 0 saturated heterocycles. The molecule has 2 rings (SSSR count). The smallest absolute Gasteiger partial charge is 0.00813 e. The lowest BCUT2D eigenvalue weighted by Gasteiger charge is -2.20. The van der Waals surface area contributed by atoms with Crippen LogP contribution in [0.2, 0.25) is 0 Å². The van der Waals surface area contributed by atoms with Crippen molar-refractivity contribution in [1.29, 1.82) is 0 Å². The second-order valence-electron chi connectivity index (χ2n) is 3.57. The second kappa shape index (κ2) is 3.61. The van der Waals surface area contributed by atoms with E-state index in [9.17, 15) is 0 Å². The van der Waals surface area contributed by atoms with Crippen LogP contribution >= 0.6 is 0 Å². The highest BCUT2D eigenvalue weighted by Crippen LogP contribution is 2.29. The van der Waals surface area contributed by atoms with Crippen LogP contribution in [0.4, 0.5) is 0 Å². The van der Waals surface area contributed by atoms with Crippen molar-refractivity contribution in [2.24, 2.45) is 5.92 Å². The van der Waals surface area contributed by atoms with Gasteiger partial charge in [-0.3, -0.25) is 0 Å². The largest absolute Gasteiger partial charge is 0.0808 e. The SMILES string of the molecule is C[C@@H]1C=CC=C[C@H]1c1ccccc1. The number of allylic oxidation sites excluding steroid dienone is 4. The second-order valence-corrected chi connectivity index (χ2v) is 3.57. The molecule has 13 heavy (non-hydrogen) atoms. The van der Waals surface area contributed by atoms with E-state index in [0.29, 0.717) is 11.8 Å². The lowest BCUT2D eigenvalue weighted by atomic mass is 9.84. The van der Waals surface area contributed by atoms with Crippen LogP contribution in [0.5, 0.6) is 0 Å². The highest BCUT2D eigenvalue weighted by atomic mass is 14.2. The minimum atomic E-state index is 0.561. The molecule has 0 spiro atoms. The minimum Gasteiger partial charge on any atom is -0.0808 e. The third kappa shape index (κ3) is 1.72. The molecule has 1 aliphatic rings. The van der Waals surface area contributed by atoms with Crippen molar-refractivity contribution in [3.8, 4) is 0 Å². The van der Waals surface area contributed by atoms with E-state index < -0.39 is 0 Å². The monoisotopic (exact) mass is 170 g/mol. The van der Waals surface area contributed by atoms with Gasteiger partial charge in [0.15, 0.2) is 0 Å². The molecule has 0 N–H and O–H groups in total.